The van der Waals surface area contributed by atoms with Crippen LogP contribution in [0, 0.1) is 11.3 Å². The summed E-state index contributed by atoms with van der Waals surface area (Å²) < 4.78 is 10.3. The van der Waals surface area contributed by atoms with Crippen molar-refractivity contribution in [3.63, 3.8) is 0 Å². The smallest absolute Gasteiger partial charge is 0.200 e. The summed E-state index contributed by atoms with van der Waals surface area (Å²) in [6.07, 6.45) is 5.36. The monoisotopic (exact) mass is 350 g/mol. The Hall–Kier alpha value is -3.39. The summed E-state index contributed by atoms with van der Waals surface area (Å²) in [4.78, 5) is 1.93. The fraction of sp³-hybridized carbons (Fsp3) is 0.190. The van der Waals surface area contributed by atoms with Gasteiger partial charge in [0.05, 0.1) is 14.2 Å². The van der Waals surface area contributed by atoms with E-state index in [4.69, 9.17) is 9.47 Å². The fourth-order valence-electron chi connectivity index (χ4n) is 2.55. The van der Waals surface area contributed by atoms with Crippen molar-refractivity contribution >= 4 is 11.8 Å². The molecule has 0 saturated carbocycles. The highest BCUT2D eigenvalue weighted by atomic mass is 16.5. The van der Waals surface area contributed by atoms with Crippen molar-refractivity contribution in [1.82, 2.24) is 0 Å². The number of hydrogen-bond acceptors (Lipinski definition) is 5. The summed E-state index contributed by atoms with van der Waals surface area (Å²) in [5, 5.41) is 19.5. The standard InChI is InChI=1S/C21H22N2O3/c1-4-23(17-10-6-5-7-11-17)18(15-22)12-8-9-16-13-19(25-2)21(24)20(14-16)26-3/h5-14,24H,4H2,1-3H3/b9-8+,18-12+. The number of benzene rings is 2. The number of anilines is 1. The molecule has 26 heavy (non-hydrogen) atoms. The lowest BCUT2D eigenvalue weighted by Crippen LogP contribution is -2.20. The lowest BCUT2D eigenvalue weighted by Gasteiger charge is -2.21. The quantitative estimate of drug-likeness (QED) is 0.594. The van der Waals surface area contributed by atoms with Crippen LogP contribution in [-0.4, -0.2) is 25.9 Å². The molecule has 0 saturated heterocycles. The molecule has 0 aliphatic heterocycles. The molecule has 5 heteroatoms. The number of aromatic hydroxyl groups is 1. The van der Waals surface area contributed by atoms with E-state index in [2.05, 4.69) is 6.07 Å². The molecule has 2 aromatic carbocycles. The molecule has 0 atom stereocenters. The number of hydrogen-bond donors (Lipinski definition) is 1. The van der Waals surface area contributed by atoms with Crippen LogP contribution in [0.4, 0.5) is 5.69 Å². The molecular formula is C21H22N2O3. The Kier molecular flexibility index (Phi) is 6.69. The average molecular weight is 350 g/mol. The van der Waals surface area contributed by atoms with Crippen molar-refractivity contribution in [2.24, 2.45) is 0 Å². The minimum absolute atomic E-state index is 0.0401. The maximum atomic E-state index is 9.96. The number of nitriles is 1. The second kappa shape index (κ2) is 9.19. The summed E-state index contributed by atoms with van der Waals surface area (Å²) >= 11 is 0. The van der Waals surface area contributed by atoms with Crippen molar-refractivity contribution in [3.8, 4) is 23.3 Å². The van der Waals surface area contributed by atoms with Gasteiger partial charge in [-0.2, -0.15) is 5.26 Å². The number of allylic oxidation sites excluding steroid dienone is 3. The number of para-hydroxylation sites is 1. The normalized spacial score (nSPS) is 11.2. The van der Waals surface area contributed by atoms with Gasteiger partial charge in [0.15, 0.2) is 11.5 Å². The third-order valence-corrected chi connectivity index (χ3v) is 3.83. The summed E-state index contributed by atoms with van der Waals surface area (Å²) in [6.45, 7) is 2.68. The van der Waals surface area contributed by atoms with E-state index in [0.717, 1.165) is 11.3 Å². The highest BCUT2D eigenvalue weighted by molar-refractivity contribution is 5.63. The van der Waals surface area contributed by atoms with Gasteiger partial charge in [-0.25, -0.2) is 0 Å². The topological polar surface area (TPSA) is 65.7 Å². The zero-order chi connectivity index (χ0) is 18.9. The molecule has 0 aliphatic carbocycles. The summed E-state index contributed by atoms with van der Waals surface area (Å²) in [5.74, 6) is 0.613. The number of ether oxygens (including phenoxy) is 2. The average Bonchev–Trinajstić information content (AvgIpc) is 2.69. The first kappa shape index (κ1) is 18.9. The van der Waals surface area contributed by atoms with Crippen LogP contribution >= 0.6 is 0 Å². The van der Waals surface area contributed by atoms with Gasteiger partial charge in [0.1, 0.15) is 11.8 Å². The summed E-state index contributed by atoms with van der Waals surface area (Å²) in [6, 6.07) is 15.4. The highest BCUT2D eigenvalue weighted by Gasteiger charge is 2.10. The number of phenolic OH excluding ortho intramolecular Hbond substituents is 1. The maximum Gasteiger partial charge on any atom is 0.200 e. The highest BCUT2D eigenvalue weighted by Crippen LogP contribution is 2.37. The number of nitrogens with zero attached hydrogens (tertiary/aromatic N) is 2. The van der Waals surface area contributed by atoms with Crippen molar-refractivity contribution in [3.05, 3.63) is 65.9 Å². The fourth-order valence-corrected chi connectivity index (χ4v) is 2.55. The van der Waals surface area contributed by atoms with Crippen molar-refractivity contribution in [2.45, 2.75) is 6.92 Å². The Morgan fingerprint density at radius 3 is 2.27 bits per heavy atom. The molecule has 2 rings (SSSR count). The van der Waals surface area contributed by atoms with E-state index in [1.54, 1.807) is 24.3 Å². The predicted octanol–water partition coefficient (Wildman–Crippen LogP) is 4.36. The maximum absolute atomic E-state index is 9.96. The summed E-state index contributed by atoms with van der Waals surface area (Å²) in [7, 11) is 2.96. The molecule has 5 nitrogen and oxygen atoms in total. The third kappa shape index (κ3) is 4.37. The van der Waals surface area contributed by atoms with Gasteiger partial charge in [0.2, 0.25) is 5.75 Å². The van der Waals surface area contributed by atoms with Crippen LogP contribution in [0.15, 0.2) is 60.3 Å². The van der Waals surface area contributed by atoms with Crippen LogP contribution in [0.25, 0.3) is 6.08 Å². The van der Waals surface area contributed by atoms with Gasteiger partial charge < -0.3 is 19.5 Å². The van der Waals surface area contributed by atoms with Crippen LogP contribution < -0.4 is 14.4 Å². The number of phenols is 1. The first-order chi connectivity index (χ1) is 12.6. The molecule has 0 aliphatic rings. The lowest BCUT2D eigenvalue weighted by atomic mass is 10.1. The van der Waals surface area contributed by atoms with Crippen molar-refractivity contribution in [2.75, 3.05) is 25.7 Å². The Balaban J connectivity index is 2.30. The van der Waals surface area contributed by atoms with Gasteiger partial charge in [-0.3, -0.25) is 0 Å². The van der Waals surface area contributed by atoms with E-state index < -0.39 is 0 Å². The first-order valence-corrected chi connectivity index (χ1v) is 8.20. The minimum atomic E-state index is -0.0401. The van der Waals surface area contributed by atoms with Crippen LogP contribution in [0.5, 0.6) is 17.2 Å². The Bertz CT molecular complexity index is 811. The van der Waals surface area contributed by atoms with E-state index in [9.17, 15) is 10.4 Å². The van der Waals surface area contributed by atoms with Gasteiger partial charge in [-0.1, -0.05) is 30.4 Å². The molecule has 134 valence electrons. The molecule has 0 unspecified atom stereocenters. The summed E-state index contributed by atoms with van der Waals surface area (Å²) in [5.41, 5.74) is 2.28. The van der Waals surface area contributed by atoms with Gasteiger partial charge in [0, 0.05) is 12.2 Å². The molecule has 0 heterocycles. The second-order valence-electron chi connectivity index (χ2n) is 5.38. The van der Waals surface area contributed by atoms with E-state index >= 15 is 0 Å². The molecule has 0 spiro atoms. The Labute approximate surface area is 154 Å². The number of methoxy groups -OCH3 is 2. The Morgan fingerprint density at radius 1 is 1.15 bits per heavy atom. The van der Waals surface area contributed by atoms with Crippen LogP contribution in [0.3, 0.4) is 0 Å². The molecule has 0 radical (unpaired) electrons. The van der Waals surface area contributed by atoms with Crippen LogP contribution in [0.2, 0.25) is 0 Å². The number of rotatable bonds is 7. The molecule has 1 N–H and O–H groups in total. The predicted molar refractivity (Wildman–Crippen MR) is 103 cm³/mol. The second-order valence-corrected chi connectivity index (χ2v) is 5.38. The van der Waals surface area contributed by atoms with Gasteiger partial charge in [-0.15, -0.1) is 0 Å². The molecule has 0 fully saturated rings. The van der Waals surface area contributed by atoms with Crippen molar-refractivity contribution in [1.29, 1.82) is 5.26 Å². The third-order valence-electron chi connectivity index (χ3n) is 3.83. The SMILES string of the molecule is CCN(/C(C#N)=C/C=C/c1cc(OC)c(O)c(OC)c1)c1ccccc1. The first-order valence-electron chi connectivity index (χ1n) is 8.20. The molecule has 0 bridgehead atoms. The zero-order valence-electron chi connectivity index (χ0n) is 15.1. The molecule has 0 aromatic heterocycles. The van der Waals surface area contributed by atoms with E-state index in [1.165, 1.54) is 14.2 Å². The molecule has 2 aromatic rings. The van der Waals surface area contributed by atoms with Gasteiger partial charge >= 0.3 is 0 Å². The zero-order valence-corrected chi connectivity index (χ0v) is 15.1. The minimum Gasteiger partial charge on any atom is -0.502 e. The van der Waals surface area contributed by atoms with Crippen LogP contribution in [-0.2, 0) is 0 Å². The van der Waals surface area contributed by atoms with E-state index in [1.807, 2.05) is 48.2 Å². The van der Waals surface area contributed by atoms with E-state index in [0.29, 0.717) is 23.7 Å². The molecule has 0 amide bonds. The Morgan fingerprint density at radius 2 is 1.77 bits per heavy atom. The largest absolute Gasteiger partial charge is 0.502 e. The van der Waals surface area contributed by atoms with Gasteiger partial charge in [0.25, 0.3) is 0 Å². The lowest BCUT2D eigenvalue weighted by molar-refractivity contribution is 0.340. The molecular weight excluding hydrogens is 328 g/mol. The van der Waals surface area contributed by atoms with Crippen molar-refractivity contribution < 1.29 is 14.6 Å². The van der Waals surface area contributed by atoms with Gasteiger partial charge in [-0.05, 0) is 42.8 Å². The van der Waals surface area contributed by atoms with Crippen LogP contribution in [0.1, 0.15) is 12.5 Å². The van der Waals surface area contributed by atoms with E-state index in [-0.39, 0.29) is 5.75 Å².